The Kier molecular flexibility index (Phi) is 7.72. The van der Waals surface area contributed by atoms with Gasteiger partial charge >= 0.3 is 0 Å². The molecule has 1 saturated heterocycles. The summed E-state index contributed by atoms with van der Waals surface area (Å²) in [5.74, 6) is 0.913. The van der Waals surface area contributed by atoms with Crippen LogP contribution in [0.25, 0.3) is 0 Å². The number of likely N-dealkylation sites (tertiary alicyclic amines) is 1. The predicted octanol–water partition coefficient (Wildman–Crippen LogP) is 4.10. The smallest absolute Gasteiger partial charge is 0.271 e. The van der Waals surface area contributed by atoms with E-state index in [1.807, 2.05) is 19.1 Å². The summed E-state index contributed by atoms with van der Waals surface area (Å²) in [5.41, 5.74) is 1.33. The van der Waals surface area contributed by atoms with E-state index in [4.69, 9.17) is 21.1 Å². The quantitative estimate of drug-likeness (QED) is 0.700. The first kappa shape index (κ1) is 21.4. The molecule has 1 aromatic carbocycles. The van der Waals surface area contributed by atoms with Gasteiger partial charge in [-0.1, -0.05) is 30.2 Å². The first-order valence-corrected chi connectivity index (χ1v) is 10.5. The van der Waals surface area contributed by atoms with Gasteiger partial charge in [0.15, 0.2) is 5.69 Å². The van der Waals surface area contributed by atoms with Gasteiger partial charge in [0.05, 0.1) is 24.8 Å². The number of pyridine rings is 1. The van der Waals surface area contributed by atoms with Gasteiger partial charge < -0.3 is 14.8 Å². The molecular weight excluding hydrogens is 390 g/mol. The number of hydrogen-bond acceptors (Lipinski definition) is 5. The van der Waals surface area contributed by atoms with Crippen molar-refractivity contribution in [1.82, 2.24) is 15.2 Å². The zero-order valence-corrected chi connectivity index (χ0v) is 17.7. The Morgan fingerprint density at radius 2 is 1.90 bits per heavy atom. The molecule has 3 rings (SSSR count). The highest BCUT2D eigenvalue weighted by molar-refractivity contribution is 6.33. The largest absolute Gasteiger partial charge is 0.497 e. The number of rotatable bonds is 8. The lowest BCUT2D eigenvalue weighted by Crippen LogP contribution is -2.40. The summed E-state index contributed by atoms with van der Waals surface area (Å²) < 4.78 is 10.7. The highest BCUT2D eigenvalue weighted by atomic mass is 35.5. The van der Waals surface area contributed by atoms with Crippen molar-refractivity contribution >= 4 is 17.5 Å². The van der Waals surface area contributed by atoms with E-state index >= 15 is 0 Å². The van der Waals surface area contributed by atoms with Crippen molar-refractivity contribution in [2.75, 3.05) is 33.4 Å². The molecule has 2 aromatic rings. The molecule has 1 fully saturated rings. The Morgan fingerprint density at radius 1 is 1.17 bits per heavy atom. The third-order valence-electron chi connectivity index (χ3n) is 5.12. The van der Waals surface area contributed by atoms with E-state index in [1.54, 1.807) is 19.2 Å². The number of carbonyl (C=O) groups excluding carboxylic acids is 1. The van der Waals surface area contributed by atoms with E-state index in [-0.39, 0.29) is 17.6 Å². The van der Waals surface area contributed by atoms with E-state index in [0.717, 1.165) is 24.4 Å². The van der Waals surface area contributed by atoms with E-state index in [9.17, 15) is 4.79 Å². The van der Waals surface area contributed by atoms with Crippen molar-refractivity contribution in [3.8, 4) is 11.6 Å². The van der Waals surface area contributed by atoms with E-state index in [1.165, 1.54) is 19.3 Å². The minimum absolute atomic E-state index is 0.0824. The molecule has 0 radical (unpaired) electrons. The summed E-state index contributed by atoms with van der Waals surface area (Å²) in [6.07, 6.45) is 3.59. The maximum absolute atomic E-state index is 12.8. The van der Waals surface area contributed by atoms with E-state index < -0.39 is 0 Å². The average molecular weight is 418 g/mol. The van der Waals surface area contributed by atoms with Crippen molar-refractivity contribution in [2.24, 2.45) is 0 Å². The zero-order valence-electron chi connectivity index (χ0n) is 17.0. The number of ether oxygens (including phenoxy) is 2. The number of nitrogens with one attached hydrogen (secondary N) is 1. The van der Waals surface area contributed by atoms with Gasteiger partial charge in [-0.2, -0.15) is 0 Å². The van der Waals surface area contributed by atoms with Crippen LogP contribution < -0.4 is 14.8 Å². The Balaban J connectivity index is 1.75. The molecule has 0 spiro atoms. The second-order valence-corrected chi connectivity index (χ2v) is 7.42. The topological polar surface area (TPSA) is 63.7 Å². The molecule has 1 aliphatic rings. The van der Waals surface area contributed by atoms with Crippen molar-refractivity contribution in [3.05, 3.63) is 52.7 Å². The standard InChI is InChI=1S/C22H28ClN3O3/c1-3-29-20-12-11-18(23)21(25-20)22(27)24-15-19(26-13-5-4-6-14-26)16-7-9-17(28-2)10-8-16/h7-12,19H,3-6,13-15H2,1-2H3,(H,24,27). The Labute approximate surface area is 177 Å². The van der Waals surface area contributed by atoms with Crippen LogP contribution in [0.5, 0.6) is 11.6 Å². The summed E-state index contributed by atoms with van der Waals surface area (Å²) in [6.45, 7) is 4.86. The van der Waals surface area contributed by atoms with Crippen molar-refractivity contribution < 1.29 is 14.3 Å². The van der Waals surface area contributed by atoms with Gasteiger partial charge in [-0.05, 0) is 56.6 Å². The molecule has 1 atom stereocenters. The Hall–Kier alpha value is -2.31. The van der Waals surface area contributed by atoms with Crippen molar-refractivity contribution in [3.63, 3.8) is 0 Å². The molecule has 0 saturated carbocycles. The number of nitrogens with zero attached hydrogens (tertiary/aromatic N) is 2. The van der Waals surface area contributed by atoms with Gasteiger partial charge in [0.25, 0.3) is 5.91 Å². The number of methoxy groups -OCH3 is 1. The fraction of sp³-hybridized carbons (Fsp3) is 0.455. The lowest BCUT2D eigenvalue weighted by Gasteiger charge is -2.35. The minimum Gasteiger partial charge on any atom is -0.497 e. The van der Waals surface area contributed by atoms with E-state index in [0.29, 0.717) is 24.1 Å². The molecule has 0 bridgehead atoms. The molecule has 1 amide bonds. The van der Waals surface area contributed by atoms with Gasteiger partial charge in [0.1, 0.15) is 5.75 Å². The van der Waals surface area contributed by atoms with Crippen LogP contribution in [-0.4, -0.2) is 49.1 Å². The normalized spacial score (nSPS) is 15.6. The number of aromatic nitrogens is 1. The predicted molar refractivity (Wildman–Crippen MR) is 114 cm³/mol. The number of benzene rings is 1. The number of piperidine rings is 1. The molecule has 0 aliphatic carbocycles. The molecule has 156 valence electrons. The summed E-state index contributed by atoms with van der Waals surface area (Å²) >= 11 is 6.20. The Bertz CT molecular complexity index is 807. The van der Waals surface area contributed by atoms with Crippen LogP contribution in [0.1, 0.15) is 48.3 Å². The fourth-order valence-corrected chi connectivity index (χ4v) is 3.79. The van der Waals surface area contributed by atoms with Gasteiger partial charge in [0, 0.05) is 12.6 Å². The molecule has 29 heavy (non-hydrogen) atoms. The monoisotopic (exact) mass is 417 g/mol. The Morgan fingerprint density at radius 3 is 2.55 bits per heavy atom. The first-order valence-electron chi connectivity index (χ1n) is 10.1. The highest BCUT2D eigenvalue weighted by Gasteiger charge is 2.24. The van der Waals surface area contributed by atoms with E-state index in [2.05, 4.69) is 27.3 Å². The van der Waals surface area contributed by atoms with Gasteiger partial charge in [-0.25, -0.2) is 4.98 Å². The summed E-state index contributed by atoms with van der Waals surface area (Å²) in [4.78, 5) is 19.5. The number of amides is 1. The maximum atomic E-state index is 12.8. The number of hydrogen-bond donors (Lipinski definition) is 1. The SMILES string of the molecule is CCOc1ccc(Cl)c(C(=O)NCC(c2ccc(OC)cc2)N2CCCCC2)n1. The van der Waals surface area contributed by atoms with Crippen LogP contribution in [0.3, 0.4) is 0 Å². The third-order valence-corrected chi connectivity index (χ3v) is 5.42. The zero-order chi connectivity index (χ0) is 20.6. The molecule has 1 unspecified atom stereocenters. The fourth-order valence-electron chi connectivity index (χ4n) is 3.60. The molecule has 1 N–H and O–H groups in total. The minimum atomic E-state index is -0.299. The average Bonchev–Trinajstić information content (AvgIpc) is 2.76. The lowest BCUT2D eigenvalue weighted by atomic mass is 10.0. The lowest BCUT2D eigenvalue weighted by molar-refractivity contribution is 0.0918. The molecule has 2 heterocycles. The van der Waals surface area contributed by atoms with Crippen LogP contribution in [0.4, 0.5) is 0 Å². The third kappa shape index (κ3) is 5.61. The van der Waals surface area contributed by atoms with Gasteiger partial charge in [-0.3, -0.25) is 9.69 Å². The van der Waals surface area contributed by atoms with Crippen LogP contribution in [-0.2, 0) is 0 Å². The first-order chi connectivity index (χ1) is 14.1. The summed E-state index contributed by atoms with van der Waals surface area (Å²) in [7, 11) is 1.66. The van der Waals surface area contributed by atoms with Crippen LogP contribution in [0, 0.1) is 0 Å². The molecule has 7 heteroatoms. The number of halogens is 1. The molecule has 6 nitrogen and oxygen atoms in total. The van der Waals surface area contributed by atoms with Gasteiger partial charge in [-0.15, -0.1) is 0 Å². The van der Waals surface area contributed by atoms with Crippen molar-refractivity contribution in [2.45, 2.75) is 32.2 Å². The highest BCUT2D eigenvalue weighted by Crippen LogP contribution is 2.26. The van der Waals surface area contributed by atoms with Crippen LogP contribution in [0.15, 0.2) is 36.4 Å². The van der Waals surface area contributed by atoms with Crippen LogP contribution in [0.2, 0.25) is 5.02 Å². The number of carbonyl (C=O) groups is 1. The molecule has 1 aromatic heterocycles. The summed E-state index contributed by atoms with van der Waals surface area (Å²) in [5, 5.41) is 3.33. The van der Waals surface area contributed by atoms with Crippen molar-refractivity contribution in [1.29, 1.82) is 0 Å². The molecule has 1 aliphatic heterocycles. The maximum Gasteiger partial charge on any atom is 0.271 e. The second-order valence-electron chi connectivity index (χ2n) is 7.01. The molecular formula is C22H28ClN3O3. The summed E-state index contributed by atoms with van der Waals surface area (Å²) in [6, 6.07) is 11.4. The van der Waals surface area contributed by atoms with Crippen LogP contribution >= 0.6 is 11.6 Å². The second kappa shape index (κ2) is 10.5. The van der Waals surface area contributed by atoms with Gasteiger partial charge in [0.2, 0.25) is 5.88 Å².